The molecular weight excluding hydrogens is 312 g/mol. The quantitative estimate of drug-likeness (QED) is 0.880. The first kappa shape index (κ1) is 17.5. The fraction of sp³-hybridized carbons (Fsp3) is 0.471. The molecule has 0 aliphatic carbocycles. The molecule has 0 saturated carbocycles. The average molecular weight is 335 g/mol. The number of hydrogen-bond donors (Lipinski definition) is 1. The molecule has 2 aromatic heterocycles. The Kier molecular flexibility index (Phi) is 5.77. The van der Waals surface area contributed by atoms with E-state index in [0.29, 0.717) is 10.9 Å². The zero-order valence-electron chi connectivity index (χ0n) is 14.0. The van der Waals surface area contributed by atoms with Gasteiger partial charge in [0, 0.05) is 12.4 Å². The molecule has 2 rings (SSSR count). The molecule has 0 spiro atoms. The number of rotatable bonds is 6. The Morgan fingerprint density at radius 3 is 2.65 bits per heavy atom. The summed E-state index contributed by atoms with van der Waals surface area (Å²) in [5, 5.41) is 8.00. The maximum atomic E-state index is 12.4. The molecule has 0 bridgehead atoms. The van der Waals surface area contributed by atoms with E-state index in [4.69, 9.17) is 11.6 Å². The van der Waals surface area contributed by atoms with Crippen molar-refractivity contribution in [3.8, 4) is 0 Å². The normalized spacial score (nSPS) is 12.4. The first-order valence-electron chi connectivity index (χ1n) is 7.77. The Morgan fingerprint density at radius 2 is 2.13 bits per heavy atom. The van der Waals surface area contributed by atoms with Crippen LogP contribution < -0.4 is 5.32 Å². The minimum absolute atomic E-state index is 0.0522. The highest BCUT2D eigenvalue weighted by Gasteiger charge is 2.18. The van der Waals surface area contributed by atoms with E-state index < -0.39 is 0 Å². The Morgan fingerprint density at radius 1 is 1.39 bits per heavy atom. The maximum Gasteiger partial charge on any atom is 0.242 e. The second kappa shape index (κ2) is 7.59. The Bertz CT molecular complexity index is 667. The van der Waals surface area contributed by atoms with Crippen molar-refractivity contribution in [1.29, 1.82) is 0 Å². The Labute approximate surface area is 142 Å². The number of aromatic nitrogens is 3. The van der Waals surface area contributed by atoms with Crippen LogP contribution in [0.1, 0.15) is 43.3 Å². The van der Waals surface area contributed by atoms with Gasteiger partial charge in [-0.2, -0.15) is 5.10 Å². The van der Waals surface area contributed by atoms with Crippen molar-refractivity contribution in [2.24, 2.45) is 5.92 Å². The number of aryl methyl sites for hydroxylation is 1. The van der Waals surface area contributed by atoms with Crippen molar-refractivity contribution in [1.82, 2.24) is 20.1 Å². The number of nitrogens with zero attached hydrogens (tertiary/aromatic N) is 3. The van der Waals surface area contributed by atoms with E-state index >= 15 is 0 Å². The molecule has 0 aromatic carbocycles. The average Bonchev–Trinajstić information content (AvgIpc) is 2.74. The Hall–Kier alpha value is -1.88. The van der Waals surface area contributed by atoms with Gasteiger partial charge in [0.2, 0.25) is 5.91 Å². The van der Waals surface area contributed by atoms with E-state index in [1.165, 1.54) is 0 Å². The molecule has 0 fully saturated rings. The van der Waals surface area contributed by atoms with E-state index in [1.807, 2.05) is 26.0 Å². The van der Waals surface area contributed by atoms with Crippen LogP contribution in [0.3, 0.4) is 0 Å². The zero-order valence-corrected chi connectivity index (χ0v) is 14.8. The van der Waals surface area contributed by atoms with Crippen LogP contribution in [0.25, 0.3) is 0 Å². The van der Waals surface area contributed by atoms with Gasteiger partial charge in [-0.25, -0.2) is 0 Å². The van der Waals surface area contributed by atoms with Crippen LogP contribution in [0.15, 0.2) is 24.5 Å². The van der Waals surface area contributed by atoms with Crippen molar-refractivity contribution in [2.75, 3.05) is 0 Å². The highest BCUT2D eigenvalue weighted by molar-refractivity contribution is 6.31. The lowest BCUT2D eigenvalue weighted by Crippen LogP contribution is -2.33. The van der Waals surface area contributed by atoms with Crippen LogP contribution in [0, 0.1) is 19.8 Å². The lowest BCUT2D eigenvalue weighted by Gasteiger charge is -2.21. The minimum atomic E-state index is -0.0817. The highest BCUT2D eigenvalue weighted by atomic mass is 35.5. The van der Waals surface area contributed by atoms with Crippen LogP contribution in [0.4, 0.5) is 0 Å². The number of hydrogen-bond acceptors (Lipinski definition) is 3. The van der Waals surface area contributed by atoms with Crippen LogP contribution in [0.5, 0.6) is 0 Å². The summed E-state index contributed by atoms with van der Waals surface area (Å²) in [5.41, 5.74) is 2.56. The lowest BCUT2D eigenvalue weighted by atomic mass is 9.98. The third kappa shape index (κ3) is 4.55. The summed E-state index contributed by atoms with van der Waals surface area (Å²) >= 11 is 6.13. The molecule has 23 heavy (non-hydrogen) atoms. The van der Waals surface area contributed by atoms with Crippen LogP contribution >= 0.6 is 11.6 Å². The Balaban J connectivity index is 2.10. The lowest BCUT2D eigenvalue weighted by molar-refractivity contribution is -0.122. The predicted molar refractivity (Wildman–Crippen MR) is 91.3 cm³/mol. The summed E-state index contributed by atoms with van der Waals surface area (Å²) in [6.07, 6.45) is 4.39. The summed E-state index contributed by atoms with van der Waals surface area (Å²) in [7, 11) is 0. The van der Waals surface area contributed by atoms with Gasteiger partial charge in [0.15, 0.2) is 0 Å². The molecule has 0 unspecified atom stereocenters. The van der Waals surface area contributed by atoms with Gasteiger partial charge >= 0.3 is 0 Å². The molecule has 6 heteroatoms. The summed E-state index contributed by atoms with van der Waals surface area (Å²) in [5.74, 6) is 0.380. The highest BCUT2D eigenvalue weighted by Crippen LogP contribution is 2.21. The van der Waals surface area contributed by atoms with E-state index in [1.54, 1.807) is 17.1 Å². The van der Waals surface area contributed by atoms with Gasteiger partial charge in [-0.3, -0.25) is 14.5 Å². The van der Waals surface area contributed by atoms with Gasteiger partial charge in [0.1, 0.15) is 6.54 Å². The fourth-order valence-electron chi connectivity index (χ4n) is 2.54. The predicted octanol–water partition coefficient (Wildman–Crippen LogP) is 3.45. The molecule has 0 saturated heterocycles. The topological polar surface area (TPSA) is 59.8 Å². The molecule has 0 aliphatic rings. The molecule has 0 aliphatic heterocycles. The smallest absolute Gasteiger partial charge is 0.242 e. The van der Waals surface area contributed by atoms with Gasteiger partial charge < -0.3 is 5.32 Å². The van der Waals surface area contributed by atoms with Crippen molar-refractivity contribution in [3.05, 3.63) is 46.5 Å². The first-order chi connectivity index (χ1) is 10.9. The van der Waals surface area contributed by atoms with Crippen molar-refractivity contribution in [3.63, 3.8) is 0 Å². The zero-order chi connectivity index (χ0) is 17.0. The van der Waals surface area contributed by atoms with E-state index in [-0.39, 0.29) is 18.5 Å². The summed E-state index contributed by atoms with van der Waals surface area (Å²) < 4.78 is 1.64. The standard InChI is InChI=1S/C17H23ClN4O/c1-11(2)8-15(14-6-5-7-19-9-14)20-16(23)10-22-13(4)17(18)12(3)21-22/h5-7,9,11,15H,8,10H2,1-4H3,(H,20,23)/t15-/m0/s1. The molecular formula is C17H23ClN4O. The van der Waals surface area contributed by atoms with Crippen molar-refractivity contribution >= 4 is 17.5 Å². The van der Waals surface area contributed by atoms with Crippen LogP contribution in [0.2, 0.25) is 5.02 Å². The SMILES string of the molecule is Cc1nn(CC(=O)N[C@@H](CC(C)C)c2cccnc2)c(C)c1Cl. The number of nitrogens with one attached hydrogen (secondary N) is 1. The summed E-state index contributed by atoms with van der Waals surface area (Å²) in [6.45, 7) is 8.13. The van der Waals surface area contributed by atoms with E-state index in [9.17, 15) is 4.79 Å². The molecule has 2 heterocycles. The molecule has 124 valence electrons. The van der Waals surface area contributed by atoms with Crippen LogP contribution in [-0.2, 0) is 11.3 Å². The van der Waals surface area contributed by atoms with Gasteiger partial charge in [-0.1, -0.05) is 31.5 Å². The van der Waals surface area contributed by atoms with E-state index in [2.05, 4.69) is 29.2 Å². The van der Waals surface area contributed by atoms with Gasteiger partial charge in [-0.15, -0.1) is 0 Å². The second-order valence-corrected chi connectivity index (χ2v) is 6.56. The number of amides is 1. The minimum Gasteiger partial charge on any atom is -0.348 e. The third-order valence-corrected chi connectivity index (χ3v) is 4.26. The van der Waals surface area contributed by atoms with Gasteiger partial charge in [0.05, 0.1) is 22.5 Å². The van der Waals surface area contributed by atoms with Crippen molar-refractivity contribution < 1.29 is 4.79 Å². The molecule has 5 nitrogen and oxygen atoms in total. The molecule has 2 aromatic rings. The third-order valence-electron chi connectivity index (χ3n) is 3.72. The molecule has 1 amide bonds. The first-order valence-corrected chi connectivity index (χ1v) is 8.15. The van der Waals surface area contributed by atoms with Gasteiger partial charge in [-0.05, 0) is 37.8 Å². The van der Waals surface area contributed by atoms with E-state index in [0.717, 1.165) is 23.4 Å². The van der Waals surface area contributed by atoms with Crippen molar-refractivity contribution in [2.45, 2.75) is 46.7 Å². The summed E-state index contributed by atoms with van der Waals surface area (Å²) in [6, 6.07) is 3.82. The largest absolute Gasteiger partial charge is 0.348 e. The second-order valence-electron chi connectivity index (χ2n) is 6.18. The number of carbonyl (C=O) groups excluding carboxylic acids is 1. The number of halogens is 1. The number of carbonyl (C=O) groups is 1. The number of pyridine rings is 1. The van der Waals surface area contributed by atoms with Crippen LogP contribution in [-0.4, -0.2) is 20.7 Å². The maximum absolute atomic E-state index is 12.4. The molecule has 1 atom stereocenters. The molecule has 0 radical (unpaired) electrons. The fourth-order valence-corrected chi connectivity index (χ4v) is 2.67. The van der Waals surface area contributed by atoms with Gasteiger partial charge in [0.25, 0.3) is 0 Å². The monoisotopic (exact) mass is 334 g/mol. The molecule has 1 N–H and O–H groups in total. The summed E-state index contributed by atoms with van der Waals surface area (Å²) in [4.78, 5) is 16.6.